The largest absolute Gasteiger partial charge is 0.368 e. The zero-order valence-corrected chi connectivity index (χ0v) is 14.5. The Hall–Kier alpha value is -2.03. The smallest absolute Gasteiger partial charge is 0.281 e. The van der Waals surface area contributed by atoms with Crippen LogP contribution < -0.4 is 4.90 Å². The fourth-order valence-electron chi connectivity index (χ4n) is 2.89. The van der Waals surface area contributed by atoms with Crippen molar-refractivity contribution in [1.29, 1.82) is 0 Å². The predicted molar refractivity (Wildman–Crippen MR) is 93.5 cm³/mol. The van der Waals surface area contributed by atoms with Gasteiger partial charge in [-0.2, -0.15) is 17.0 Å². The third-order valence-corrected chi connectivity index (χ3v) is 6.14. The predicted octanol–water partition coefficient (Wildman–Crippen LogP) is 0.976. The Bertz CT molecular complexity index is 859. The number of carbonyl (C=O) groups is 1. The second kappa shape index (κ2) is 6.46. The van der Waals surface area contributed by atoms with Crippen LogP contribution in [0.4, 0.5) is 5.69 Å². The van der Waals surface area contributed by atoms with Gasteiger partial charge in [-0.1, -0.05) is 18.2 Å². The van der Waals surface area contributed by atoms with Crippen molar-refractivity contribution in [3.63, 3.8) is 0 Å². The van der Waals surface area contributed by atoms with E-state index in [0.29, 0.717) is 31.9 Å². The molecule has 0 saturated carbocycles. The second-order valence-corrected chi connectivity index (χ2v) is 8.02. The minimum absolute atomic E-state index is 0.382. The third kappa shape index (κ3) is 3.00. The molecule has 2 aromatic rings. The van der Waals surface area contributed by atoms with Crippen LogP contribution in [0.2, 0.25) is 0 Å². The molecule has 8 heteroatoms. The maximum absolute atomic E-state index is 12.2. The number of hydrogen-bond donors (Lipinski definition) is 0. The SMILES string of the molecule is CN(C)S(=O)(=O)N1CCN(c2cc(C=O)nc3ccccc23)CC1. The van der Waals surface area contributed by atoms with E-state index in [0.717, 1.165) is 22.9 Å². The van der Waals surface area contributed by atoms with Crippen molar-refractivity contribution in [3.05, 3.63) is 36.0 Å². The van der Waals surface area contributed by atoms with Crippen LogP contribution in [0.3, 0.4) is 0 Å². The summed E-state index contributed by atoms with van der Waals surface area (Å²) in [5.41, 5.74) is 2.07. The molecule has 1 fully saturated rings. The summed E-state index contributed by atoms with van der Waals surface area (Å²) < 4.78 is 27.1. The number of carbonyl (C=O) groups excluding carboxylic acids is 1. The molecule has 7 nitrogen and oxygen atoms in total. The molecule has 0 spiro atoms. The average molecular weight is 348 g/mol. The van der Waals surface area contributed by atoms with Gasteiger partial charge in [-0.05, 0) is 12.1 Å². The number of hydrogen-bond acceptors (Lipinski definition) is 5. The zero-order chi connectivity index (χ0) is 17.3. The highest BCUT2D eigenvalue weighted by Gasteiger charge is 2.29. The lowest BCUT2D eigenvalue weighted by Gasteiger charge is -2.36. The standard InChI is InChI=1S/C16H20N4O3S/c1-18(2)24(22,23)20-9-7-19(8-10-20)16-11-13(12-21)17-15-6-4-3-5-14(15)16/h3-6,11-12H,7-10H2,1-2H3. The van der Waals surface area contributed by atoms with E-state index in [2.05, 4.69) is 9.88 Å². The van der Waals surface area contributed by atoms with Crippen LogP contribution in [0, 0.1) is 0 Å². The van der Waals surface area contributed by atoms with Gasteiger partial charge < -0.3 is 4.90 Å². The molecule has 1 saturated heterocycles. The van der Waals surface area contributed by atoms with Crippen molar-refractivity contribution in [1.82, 2.24) is 13.6 Å². The monoisotopic (exact) mass is 348 g/mol. The van der Waals surface area contributed by atoms with Gasteiger partial charge in [-0.15, -0.1) is 0 Å². The minimum Gasteiger partial charge on any atom is -0.368 e. The van der Waals surface area contributed by atoms with Gasteiger partial charge in [0.1, 0.15) is 5.69 Å². The maximum atomic E-state index is 12.2. The van der Waals surface area contributed by atoms with Crippen LogP contribution in [0.25, 0.3) is 10.9 Å². The van der Waals surface area contributed by atoms with E-state index in [9.17, 15) is 13.2 Å². The first kappa shape index (κ1) is 16.8. The molecule has 2 heterocycles. The van der Waals surface area contributed by atoms with Crippen molar-refractivity contribution in [2.24, 2.45) is 0 Å². The van der Waals surface area contributed by atoms with Crippen molar-refractivity contribution in [2.45, 2.75) is 0 Å². The van der Waals surface area contributed by atoms with Gasteiger partial charge >= 0.3 is 0 Å². The molecule has 0 radical (unpaired) electrons. The van der Waals surface area contributed by atoms with Crippen LogP contribution in [0.1, 0.15) is 10.5 Å². The number of aldehydes is 1. The lowest BCUT2D eigenvalue weighted by molar-refractivity contribution is 0.111. The van der Waals surface area contributed by atoms with Gasteiger partial charge in [0.2, 0.25) is 0 Å². The van der Waals surface area contributed by atoms with E-state index < -0.39 is 10.2 Å². The molecule has 0 N–H and O–H groups in total. The number of para-hydroxylation sites is 1. The number of rotatable bonds is 4. The molecule has 1 aliphatic heterocycles. The lowest BCUT2D eigenvalue weighted by Crippen LogP contribution is -2.51. The summed E-state index contributed by atoms with van der Waals surface area (Å²) >= 11 is 0. The lowest BCUT2D eigenvalue weighted by atomic mass is 10.1. The molecule has 24 heavy (non-hydrogen) atoms. The Morgan fingerprint density at radius 1 is 1.12 bits per heavy atom. The number of piperazine rings is 1. The van der Waals surface area contributed by atoms with Gasteiger partial charge in [0, 0.05) is 51.3 Å². The van der Waals surface area contributed by atoms with Crippen LogP contribution in [0.5, 0.6) is 0 Å². The highest BCUT2D eigenvalue weighted by atomic mass is 32.2. The molecule has 0 unspecified atom stereocenters. The summed E-state index contributed by atoms with van der Waals surface area (Å²) in [5.74, 6) is 0. The Labute approximate surface area is 141 Å². The minimum atomic E-state index is -3.39. The number of benzene rings is 1. The number of anilines is 1. The van der Waals surface area contributed by atoms with E-state index in [1.54, 1.807) is 6.07 Å². The van der Waals surface area contributed by atoms with Crippen molar-refractivity contribution < 1.29 is 13.2 Å². The third-order valence-electron chi connectivity index (χ3n) is 4.20. The Morgan fingerprint density at radius 3 is 2.42 bits per heavy atom. The zero-order valence-electron chi connectivity index (χ0n) is 13.7. The second-order valence-electron chi connectivity index (χ2n) is 5.88. The number of pyridine rings is 1. The molecular weight excluding hydrogens is 328 g/mol. The van der Waals surface area contributed by atoms with E-state index in [4.69, 9.17) is 0 Å². The molecule has 0 aliphatic carbocycles. The Balaban J connectivity index is 1.90. The number of nitrogens with zero attached hydrogens (tertiary/aromatic N) is 4. The highest BCUT2D eigenvalue weighted by molar-refractivity contribution is 7.86. The number of fused-ring (bicyclic) bond motifs is 1. The first-order valence-electron chi connectivity index (χ1n) is 7.71. The van der Waals surface area contributed by atoms with Gasteiger partial charge in [-0.25, -0.2) is 4.98 Å². The summed E-state index contributed by atoms with van der Waals surface area (Å²) in [6, 6.07) is 9.43. The van der Waals surface area contributed by atoms with E-state index in [1.807, 2.05) is 24.3 Å². The summed E-state index contributed by atoms with van der Waals surface area (Å²) in [4.78, 5) is 17.6. The first-order chi connectivity index (χ1) is 11.4. The molecule has 3 rings (SSSR count). The van der Waals surface area contributed by atoms with Gasteiger partial charge in [-0.3, -0.25) is 4.79 Å². The normalized spacial score (nSPS) is 16.7. The fourth-order valence-corrected chi connectivity index (χ4v) is 3.98. The van der Waals surface area contributed by atoms with Gasteiger partial charge in [0.15, 0.2) is 6.29 Å². The van der Waals surface area contributed by atoms with Crippen LogP contribution >= 0.6 is 0 Å². The maximum Gasteiger partial charge on any atom is 0.281 e. The first-order valence-corrected chi connectivity index (χ1v) is 9.10. The molecule has 1 aromatic carbocycles. The van der Waals surface area contributed by atoms with Gasteiger partial charge in [0.25, 0.3) is 10.2 Å². The summed E-state index contributed by atoms with van der Waals surface area (Å²) in [5, 5.41) is 0.965. The molecule has 0 bridgehead atoms. The summed E-state index contributed by atoms with van der Waals surface area (Å²) in [6.07, 6.45) is 0.739. The van der Waals surface area contributed by atoms with Crippen molar-refractivity contribution in [3.8, 4) is 0 Å². The van der Waals surface area contributed by atoms with Crippen molar-refractivity contribution >= 4 is 33.1 Å². The van der Waals surface area contributed by atoms with Crippen LogP contribution in [-0.4, -0.2) is 68.6 Å². The fraction of sp³-hybridized carbons (Fsp3) is 0.375. The quantitative estimate of drug-likeness (QED) is 0.770. The van der Waals surface area contributed by atoms with E-state index in [1.165, 1.54) is 22.7 Å². The Kier molecular flexibility index (Phi) is 4.53. The van der Waals surface area contributed by atoms with Crippen molar-refractivity contribution in [2.75, 3.05) is 45.2 Å². The molecule has 1 aromatic heterocycles. The Morgan fingerprint density at radius 2 is 1.79 bits per heavy atom. The van der Waals surface area contributed by atoms with Crippen LogP contribution in [-0.2, 0) is 10.2 Å². The van der Waals surface area contributed by atoms with E-state index in [-0.39, 0.29) is 0 Å². The van der Waals surface area contributed by atoms with E-state index >= 15 is 0 Å². The summed E-state index contributed by atoms with van der Waals surface area (Å²) in [6.45, 7) is 1.96. The molecular formula is C16H20N4O3S. The summed E-state index contributed by atoms with van der Waals surface area (Å²) in [7, 11) is -0.317. The average Bonchev–Trinajstić information content (AvgIpc) is 2.60. The molecule has 0 atom stereocenters. The highest BCUT2D eigenvalue weighted by Crippen LogP contribution is 2.27. The molecule has 0 amide bonds. The van der Waals surface area contributed by atoms with Crippen LogP contribution in [0.15, 0.2) is 30.3 Å². The van der Waals surface area contributed by atoms with Gasteiger partial charge in [0.05, 0.1) is 5.52 Å². The molecule has 128 valence electrons. The topological polar surface area (TPSA) is 73.8 Å². The molecule has 1 aliphatic rings. The number of aromatic nitrogens is 1.